The fourth-order valence-electron chi connectivity index (χ4n) is 2.26. The number of nitro benzene ring substituents is 1. The third kappa shape index (κ3) is 4.01. The van der Waals surface area contributed by atoms with Crippen molar-refractivity contribution in [3.63, 3.8) is 0 Å². The number of hydrogen-bond donors (Lipinski definition) is 2. The Morgan fingerprint density at radius 3 is 2.61 bits per heavy atom. The van der Waals surface area contributed by atoms with E-state index < -0.39 is 16.6 Å². The first-order valence-electron chi connectivity index (χ1n) is 6.99. The number of aliphatic hydroxyl groups excluding tert-OH is 1. The predicted molar refractivity (Wildman–Crippen MR) is 82.3 cm³/mol. The lowest BCUT2D eigenvalue weighted by atomic mass is 10.00. The molecule has 0 spiro atoms. The number of hydrogen-bond acceptors (Lipinski definition) is 4. The molecule has 0 aromatic heterocycles. The Balaban J connectivity index is 2.17. The summed E-state index contributed by atoms with van der Waals surface area (Å²) in [6.45, 7) is 1.71. The molecule has 5 nitrogen and oxygen atoms in total. The number of rotatable bonds is 6. The van der Waals surface area contributed by atoms with Crippen LogP contribution in [0.3, 0.4) is 0 Å². The minimum atomic E-state index is -0.655. The molecule has 0 saturated heterocycles. The van der Waals surface area contributed by atoms with E-state index in [1.165, 1.54) is 30.3 Å². The lowest BCUT2D eigenvalue weighted by Crippen LogP contribution is -2.12. The second kappa shape index (κ2) is 7.15. The number of nitrogens with one attached hydrogen (secondary N) is 1. The summed E-state index contributed by atoms with van der Waals surface area (Å²) in [4.78, 5) is 10.5. The Kier molecular flexibility index (Phi) is 5.23. The Labute approximate surface area is 131 Å². The first-order valence-corrected chi connectivity index (χ1v) is 6.99. The molecule has 122 valence electrons. The average Bonchev–Trinajstić information content (AvgIpc) is 2.52. The highest BCUT2D eigenvalue weighted by atomic mass is 19.1. The Morgan fingerprint density at radius 2 is 2.00 bits per heavy atom. The van der Waals surface area contributed by atoms with Gasteiger partial charge in [0, 0.05) is 24.6 Å². The maximum absolute atomic E-state index is 13.7. The van der Waals surface area contributed by atoms with Gasteiger partial charge < -0.3 is 10.4 Å². The van der Waals surface area contributed by atoms with Gasteiger partial charge in [0.15, 0.2) is 0 Å². The third-order valence-electron chi connectivity index (χ3n) is 3.53. The number of nitrogens with zero attached hydrogens (tertiary/aromatic N) is 1. The normalized spacial score (nSPS) is 12.0. The molecule has 0 amide bonds. The topological polar surface area (TPSA) is 75.4 Å². The van der Waals surface area contributed by atoms with E-state index in [1.54, 1.807) is 6.92 Å². The van der Waals surface area contributed by atoms with Crippen molar-refractivity contribution >= 4 is 11.4 Å². The standard InChI is InChI=1S/C16H16F2N2O3/c1-10(13-4-3-12(17)7-14(13)18)8-19-15-6-11(9-21)2-5-16(15)20(22)23/h2-7,10,19,21H,8-9H2,1H3. The van der Waals surface area contributed by atoms with E-state index in [0.29, 0.717) is 11.1 Å². The number of halogens is 2. The van der Waals surface area contributed by atoms with Gasteiger partial charge in [0.25, 0.3) is 5.69 Å². The van der Waals surface area contributed by atoms with E-state index in [4.69, 9.17) is 5.11 Å². The Bertz CT molecular complexity index is 722. The number of nitro groups is 1. The summed E-state index contributed by atoms with van der Waals surface area (Å²) in [5.41, 5.74) is 0.962. The molecule has 0 aliphatic heterocycles. The molecular weight excluding hydrogens is 306 g/mol. The van der Waals surface area contributed by atoms with E-state index >= 15 is 0 Å². The lowest BCUT2D eigenvalue weighted by molar-refractivity contribution is -0.384. The molecule has 1 unspecified atom stereocenters. The van der Waals surface area contributed by atoms with E-state index in [-0.39, 0.29) is 30.4 Å². The maximum atomic E-state index is 13.7. The quantitative estimate of drug-likeness (QED) is 0.629. The van der Waals surface area contributed by atoms with Gasteiger partial charge in [-0.2, -0.15) is 0 Å². The second-order valence-electron chi connectivity index (χ2n) is 5.21. The van der Waals surface area contributed by atoms with Crippen LogP contribution in [0.25, 0.3) is 0 Å². The SMILES string of the molecule is CC(CNc1cc(CO)ccc1[N+](=O)[O-])c1ccc(F)cc1F. The summed E-state index contributed by atoms with van der Waals surface area (Å²) in [7, 11) is 0. The van der Waals surface area contributed by atoms with Crippen LogP contribution in [0.1, 0.15) is 24.0 Å². The fourth-order valence-corrected chi connectivity index (χ4v) is 2.26. The maximum Gasteiger partial charge on any atom is 0.292 e. The van der Waals surface area contributed by atoms with Crippen LogP contribution < -0.4 is 5.32 Å². The lowest BCUT2D eigenvalue weighted by Gasteiger charge is -2.15. The smallest absolute Gasteiger partial charge is 0.292 e. The summed E-state index contributed by atoms with van der Waals surface area (Å²) in [5, 5.41) is 23.1. The molecule has 0 bridgehead atoms. The van der Waals surface area contributed by atoms with Crippen LogP contribution in [-0.4, -0.2) is 16.6 Å². The van der Waals surface area contributed by atoms with E-state index in [0.717, 1.165) is 6.07 Å². The third-order valence-corrected chi connectivity index (χ3v) is 3.53. The van der Waals surface area contributed by atoms with Gasteiger partial charge >= 0.3 is 0 Å². The Morgan fingerprint density at radius 1 is 1.26 bits per heavy atom. The van der Waals surface area contributed by atoms with Gasteiger partial charge in [0.2, 0.25) is 0 Å². The highest BCUT2D eigenvalue weighted by Crippen LogP contribution is 2.27. The summed E-state index contributed by atoms with van der Waals surface area (Å²) in [5.74, 6) is -1.64. The van der Waals surface area contributed by atoms with Gasteiger partial charge in [-0.15, -0.1) is 0 Å². The van der Waals surface area contributed by atoms with Crippen LogP contribution in [0, 0.1) is 21.7 Å². The van der Waals surface area contributed by atoms with Crippen molar-refractivity contribution in [2.45, 2.75) is 19.4 Å². The molecule has 2 aromatic carbocycles. The zero-order chi connectivity index (χ0) is 17.0. The zero-order valence-electron chi connectivity index (χ0n) is 12.4. The monoisotopic (exact) mass is 322 g/mol. The van der Waals surface area contributed by atoms with Gasteiger partial charge in [-0.1, -0.05) is 13.0 Å². The molecule has 7 heteroatoms. The van der Waals surface area contributed by atoms with E-state index in [2.05, 4.69) is 5.32 Å². The van der Waals surface area contributed by atoms with Crippen molar-refractivity contribution in [3.05, 3.63) is 69.3 Å². The Hall–Kier alpha value is -2.54. The van der Waals surface area contributed by atoms with Crippen molar-refractivity contribution in [1.29, 1.82) is 0 Å². The first-order chi connectivity index (χ1) is 10.9. The number of aliphatic hydroxyl groups is 1. The zero-order valence-corrected chi connectivity index (χ0v) is 12.4. The van der Waals surface area contributed by atoms with Crippen LogP contribution >= 0.6 is 0 Å². The van der Waals surface area contributed by atoms with Crippen LogP contribution in [0.15, 0.2) is 36.4 Å². The number of anilines is 1. The molecule has 0 aliphatic rings. The summed E-state index contributed by atoms with van der Waals surface area (Å²) >= 11 is 0. The number of benzene rings is 2. The summed E-state index contributed by atoms with van der Waals surface area (Å²) in [6.07, 6.45) is 0. The van der Waals surface area contributed by atoms with Crippen LogP contribution in [0.4, 0.5) is 20.2 Å². The van der Waals surface area contributed by atoms with Crippen molar-refractivity contribution in [3.8, 4) is 0 Å². The van der Waals surface area contributed by atoms with Gasteiger partial charge in [0.05, 0.1) is 11.5 Å². The summed E-state index contributed by atoms with van der Waals surface area (Å²) < 4.78 is 26.7. The van der Waals surface area contributed by atoms with Gasteiger partial charge in [0.1, 0.15) is 17.3 Å². The molecule has 0 saturated carbocycles. The van der Waals surface area contributed by atoms with Gasteiger partial charge in [-0.05, 0) is 29.3 Å². The average molecular weight is 322 g/mol. The van der Waals surface area contributed by atoms with Crippen molar-refractivity contribution in [1.82, 2.24) is 0 Å². The largest absolute Gasteiger partial charge is 0.392 e. The molecular formula is C16H16F2N2O3. The van der Waals surface area contributed by atoms with E-state index in [9.17, 15) is 18.9 Å². The molecule has 0 aliphatic carbocycles. The van der Waals surface area contributed by atoms with Crippen molar-refractivity contribution < 1.29 is 18.8 Å². The van der Waals surface area contributed by atoms with Crippen LogP contribution in [0.2, 0.25) is 0 Å². The minimum absolute atomic E-state index is 0.131. The molecule has 2 rings (SSSR count). The predicted octanol–water partition coefficient (Wildman–Crippen LogP) is 3.58. The molecule has 23 heavy (non-hydrogen) atoms. The molecule has 0 heterocycles. The highest BCUT2D eigenvalue weighted by Gasteiger charge is 2.16. The molecule has 2 N–H and O–H groups in total. The fraction of sp³-hybridized carbons (Fsp3) is 0.250. The molecule has 0 fully saturated rings. The summed E-state index contributed by atoms with van der Waals surface area (Å²) in [6, 6.07) is 7.58. The minimum Gasteiger partial charge on any atom is -0.392 e. The van der Waals surface area contributed by atoms with Crippen LogP contribution in [0.5, 0.6) is 0 Å². The van der Waals surface area contributed by atoms with E-state index in [1.807, 2.05) is 0 Å². The van der Waals surface area contributed by atoms with Crippen molar-refractivity contribution in [2.24, 2.45) is 0 Å². The van der Waals surface area contributed by atoms with Crippen molar-refractivity contribution in [2.75, 3.05) is 11.9 Å². The molecule has 2 aromatic rings. The highest BCUT2D eigenvalue weighted by molar-refractivity contribution is 5.62. The van der Waals surface area contributed by atoms with Gasteiger partial charge in [-0.25, -0.2) is 8.78 Å². The second-order valence-corrected chi connectivity index (χ2v) is 5.21. The molecule has 0 radical (unpaired) electrons. The van der Waals surface area contributed by atoms with Crippen LogP contribution in [-0.2, 0) is 6.61 Å². The van der Waals surface area contributed by atoms with Gasteiger partial charge in [-0.3, -0.25) is 10.1 Å². The molecule has 1 atom stereocenters. The first kappa shape index (κ1) is 16.8.